The number of rotatable bonds is 4. The molecule has 0 amide bonds. The SMILES string of the molecule is CCn1nc(C)c(S(=O)(=O)N[C@@H]2Cc3ccccc3[C@H]2N)c1C. The maximum Gasteiger partial charge on any atom is 0.244 e. The molecule has 23 heavy (non-hydrogen) atoms. The van der Waals surface area contributed by atoms with Crippen molar-refractivity contribution in [1.82, 2.24) is 14.5 Å². The van der Waals surface area contributed by atoms with Crippen LogP contribution in [-0.4, -0.2) is 24.2 Å². The van der Waals surface area contributed by atoms with Gasteiger partial charge in [0.25, 0.3) is 0 Å². The molecule has 7 heteroatoms. The molecule has 1 aliphatic rings. The zero-order valence-corrected chi connectivity index (χ0v) is 14.4. The molecule has 0 unspecified atom stereocenters. The highest BCUT2D eigenvalue weighted by atomic mass is 32.2. The van der Waals surface area contributed by atoms with Crippen molar-refractivity contribution in [2.24, 2.45) is 5.73 Å². The highest BCUT2D eigenvalue weighted by molar-refractivity contribution is 7.89. The van der Waals surface area contributed by atoms with Crippen LogP contribution in [-0.2, 0) is 23.0 Å². The van der Waals surface area contributed by atoms with Gasteiger partial charge in [0, 0.05) is 18.6 Å². The summed E-state index contributed by atoms with van der Waals surface area (Å²) in [5.41, 5.74) is 9.52. The van der Waals surface area contributed by atoms with Gasteiger partial charge < -0.3 is 5.73 Å². The second-order valence-corrected chi connectivity index (χ2v) is 7.62. The van der Waals surface area contributed by atoms with Crippen LogP contribution in [0.4, 0.5) is 0 Å². The van der Waals surface area contributed by atoms with E-state index in [4.69, 9.17) is 5.73 Å². The molecule has 0 spiro atoms. The van der Waals surface area contributed by atoms with Crippen LogP contribution in [0.5, 0.6) is 0 Å². The molecule has 0 saturated carbocycles. The van der Waals surface area contributed by atoms with Gasteiger partial charge in [-0.2, -0.15) is 5.10 Å². The molecule has 0 aliphatic heterocycles. The van der Waals surface area contributed by atoms with Crippen molar-refractivity contribution < 1.29 is 8.42 Å². The van der Waals surface area contributed by atoms with E-state index in [1.807, 2.05) is 31.2 Å². The number of aromatic nitrogens is 2. The lowest BCUT2D eigenvalue weighted by Gasteiger charge is -2.18. The summed E-state index contributed by atoms with van der Waals surface area (Å²) in [6, 6.07) is 7.16. The van der Waals surface area contributed by atoms with Gasteiger partial charge in [0.15, 0.2) is 0 Å². The number of nitrogens with two attached hydrogens (primary N) is 1. The zero-order valence-electron chi connectivity index (χ0n) is 13.6. The normalized spacial score (nSPS) is 20.7. The second kappa shape index (κ2) is 5.74. The summed E-state index contributed by atoms with van der Waals surface area (Å²) in [5, 5.41) is 4.29. The molecule has 1 aromatic carbocycles. The molecule has 6 nitrogen and oxygen atoms in total. The second-order valence-electron chi connectivity index (χ2n) is 5.97. The lowest BCUT2D eigenvalue weighted by atomic mass is 10.1. The fraction of sp³-hybridized carbons (Fsp3) is 0.438. The van der Waals surface area contributed by atoms with E-state index >= 15 is 0 Å². The first-order valence-electron chi connectivity index (χ1n) is 7.75. The van der Waals surface area contributed by atoms with Crippen LogP contribution >= 0.6 is 0 Å². The van der Waals surface area contributed by atoms with Crippen molar-refractivity contribution in [1.29, 1.82) is 0 Å². The molecule has 3 N–H and O–H groups in total. The van der Waals surface area contributed by atoms with Gasteiger partial charge in [-0.3, -0.25) is 4.68 Å². The van der Waals surface area contributed by atoms with Gasteiger partial charge in [0.1, 0.15) is 4.90 Å². The minimum Gasteiger partial charge on any atom is -0.323 e. The summed E-state index contributed by atoms with van der Waals surface area (Å²) in [6.45, 7) is 6.07. The first kappa shape index (κ1) is 16.2. The number of nitrogens with one attached hydrogen (secondary N) is 1. The summed E-state index contributed by atoms with van der Waals surface area (Å²) < 4.78 is 30.2. The summed E-state index contributed by atoms with van der Waals surface area (Å²) in [7, 11) is -3.66. The van der Waals surface area contributed by atoms with Crippen molar-refractivity contribution in [3.05, 3.63) is 46.8 Å². The van der Waals surface area contributed by atoms with Crippen molar-refractivity contribution >= 4 is 10.0 Å². The number of hydrogen-bond acceptors (Lipinski definition) is 4. The third-order valence-electron chi connectivity index (χ3n) is 4.48. The summed E-state index contributed by atoms with van der Waals surface area (Å²) in [4.78, 5) is 0.266. The smallest absolute Gasteiger partial charge is 0.244 e. The molecule has 0 fully saturated rings. The molecule has 0 radical (unpaired) electrons. The maximum absolute atomic E-state index is 12.8. The number of sulfonamides is 1. The van der Waals surface area contributed by atoms with E-state index in [1.54, 1.807) is 18.5 Å². The van der Waals surface area contributed by atoms with Gasteiger partial charge in [-0.05, 0) is 38.3 Å². The monoisotopic (exact) mass is 334 g/mol. The molecule has 1 heterocycles. The Morgan fingerprint density at radius 3 is 2.65 bits per heavy atom. The Kier molecular flexibility index (Phi) is 4.03. The average molecular weight is 334 g/mol. The summed E-state index contributed by atoms with van der Waals surface area (Å²) in [6.07, 6.45) is 0.608. The predicted octanol–water partition coefficient (Wildman–Crippen LogP) is 1.42. The van der Waals surface area contributed by atoms with E-state index in [0.717, 1.165) is 11.1 Å². The molecular formula is C16H22N4O2S. The Labute approximate surface area is 136 Å². The maximum atomic E-state index is 12.8. The van der Waals surface area contributed by atoms with Crippen LogP contribution in [0.1, 0.15) is 35.5 Å². The first-order valence-corrected chi connectivity index (χ1v) is 9.23. The molecular weight excluding hydrogens is 312 g/mol. The average Bonchev–Trinajstić information content (AvgIpc) is 2.96. The zero-order chi connectivity index (χ0) is 16.8. The van der Waals surface area contributed by atoms with Crippen molar-refractivity contribution in [2.45, 2.75) is 50.7 Å². The molecule has 2 aromatic rings. The Morgan fingerprint density at radius 2 is 2.04 bits per heavy atom. The highest BCUT2D eigenvalue weighted by Crippen LogP contribution is 2.31. The Balaban J connectivity index is 1.90. The lowest BCUT2D eigenvalue weighted by Crippen LogP contribution is -2.40. The standard InChI is InChI=1S/C16H22N4O2S/c1-4-20-11(3)16(10(2)18-20)23(21,22)19-14-9-12-7-5-6-8-13(12)15(14)17/h5-8,14-15,19H,4,9,17H2,1-3H3/t14-,15-/m1/s1. The van der Waals surface area contributed by atoms with Crippen molar-refractivity contribution in [3.63, 3.8) is 0 Å². The van der Waals surface area contributed by atoms with Gasteiger partial charge in [-0.25, -0.2) is 13.1 Å². The topological polar surface area (TPSA) is 90.0 Å². The number of benzene rings is 1. The third kappa shape index (κ3) is 2.69. The number of nitrogens with zero attached hydrogens (tertiary/aromatic N) is 2. The summed E-state index contributed by atoms with van der Waals surface area (Å²) >= 11 is 0. The van der Waals surface area contributed by atoms with Crippen LogP contribution in [0.3, 0.4) is 0 Å². The third-order valence-corrected chi connectivity index (χ3v) is 6.22. The van der Waals surface area contributed by atoms with Crippen LogP contribution in [0.25, 0.3) is 0 Å². The molecule has 3 rings (SSSR count). The van der Waals surface area contributed by atoms with Crippen LogP contribution in [0, 0.1) is 13.8 Å². The molecule has 0 saturated heterocycles. The fourth-order valence-electron chi connectivity index (χ4n) is 3.38. The van der Waals surface area contributed by atoms with Gasteiger partial charge in [-0.15, -0.1) is 0 Å². The first-order chi connectivity index (χ1) is 10.8. The van der Waals surface area contributed by atoms with E-state index in [1.165, 1.54) is 0 Å². The largest absolute Gasteiger partial charge is 0.323 e. The minimum atomic E-state index is -3.66. The van der Waals surface area contributed by atoms with Crippen LogP contribution < -0.4 is 10.5 Å². The van der Waals surface area contributed by atoms with E-state index < -0.39 is 10.0 Å². The van der Waals surface area contributed by atoms with E-state index in [-0.39, 0.29) is 17.0 Å². The predicted molar refractivity (Wildman–Crippen MR) is 88.6 cm³/mol. The van der Waals surface area contributed by atoms with Gasteiger partial charge in [0.2, 0.25) is 10.0 Å². The van der Waals surface area contributed by atoms with E-state index in [9.17, 15) is 8.42 Å². The Bertz CT molecular complexity index is 842. The Morgan fingerprint density at radius 1 is 1.35 bits per heavy atom. The van der Waals surface area contributed by atoms with Gasteiger partial charge >= 0.3 is 0 Å². The number of aryl methyl sites for hydroxylation is 2. The molecule has 2 atom stereocenters. The van der Waals surface area contributed by atoms with Crippen molar-refractivity contribution in [2.75, 3.05) is 0 Å². The molecule has 124 valence electrons. The number of hydrogen-bond donors (Lipinski definition) is 2. The van der Waals surface area contributed by atoms with Gasteiger partial charge in [0.05, 0.1) is 11.4 Å². The number of fused-ring (bicyclic) bond motifs is 1. The van der Waals surface area contributed by atoms with Crippen molar-refractivity contribution in [3.8, 4) is 0 Å². The van der Waals surface area contributed by atoms with Crippen LogP contribution in [0.15, 0.2) is 29.2 Å². The van der Waals surface area contributed by atoms with E-state index in [0.29, 0.717) is 24.4 Å². The van der Waals surface area contributed by atoms with Crippen LogP contribution in [0.2, 0.25) is 0 Å². The quantitative estimate of drug-likeness (QED) is 0.885. The highest BCUT2D eigenvalue weighted by Gasteiger charge is 2.34. The molecule has 1 aliphatic carbocycles. The summed E-state index contributed by atoms with van der Waals surface area (Å²) in [5.74, 6) is 0. The minimum absolute atomic E-state index is 0.266. The lowest BCUT2D eigenvalue weighted by molar-refractivity contribution is 0.513. The fourth-order valence-corrected chi connectivity index (χ4v) is 5.05. The van der Waals surface area contributed by atoms with E-state index in [2.05, 4.69) is 9.82 Å². The molecule has 1 aromatic heterocycles. The van der Waals surface area contributed by atoms with Gasteiger partial charge in [-0.1, -0.05) is 24.3 Å². The molecule has 0 bridgehead atoms. The Hall–Kier alpha value is -1.70.